The van der Waals surface area contributed by atoms with Crippen LogP contribution in [-0.4, -0.2) is 13.1 Å². The van der Waals surface area contributed by atoms with Gasteiger partial charge < -0.3 is 9.15 Å². The van der Waals surface area contributed by atoms with Crippen molar-refractivity contribution < 1.29 is 27.1 Å². The van der Waals surface area contributed by atoms with E-state index in [1.165, 1.54) is 18.2 Å². The van der Waals surface area contributed by atoms with E-state index in [0.717, 1.165) is 19.2 Å². The van der Waals surface area contributed by atoms with E-state index < -0.39 is 23.3 Å². The normalized spacial score (nSPS) is 11.3. The monoisotopic (exact) mass is 374 g/mol. The van der Waals surface area contributed by atoms with Gasteiger partial charge in [-0.2, -0.15) is 13.2 Å². The van der Waals surface area contributed by atoms with Crippen molar-refractivity contribution in [1.29, 1.82) is 0 Å². The Balaban J connectivity index is 2.22. The predicted octanol–water partition coefficient (Wildman–Crippen LogP) is 4.78. The lowest BCUT2D eigenvalue weighted by atomic mass is 9.98. The predicted molar refractivity (Wildman–Crippen MR) is 92.2 cm³/mol. The molecule has 3 aromatic rings. The Hall–Kier alpha value is -3.35. The highest BCUT2D eigenvalue weighted by molar-refractivity contribution is 5.92. The number of ether oxygens (including phenoxy) is 1. The Morgan fingerprint density at radius 1 is 0.963 bits per heavy atom. The molecule has 0 spiro atoms. The molecule has 3 rings (SSSR count). The van der Waals surface area contributed by atoms with Crippen molar-refractivity contribution in [3.8, 4) is 22.5 Å². The molecule has 0 aliphatic heterocycles. The summed E-state index contributed by atoms with van der Waals surface area (Å²) in [5, 5.41) is 0. The Morgan fingerprint density at radius 3 is 2.15 bits per heavy atom. The lowest BCUT2D eigenvalue weighted by Crippen LogP contribution is -2.16. The maximum Gasteiger partial charge on any atom is 0.416 e. The van der Waals surface area contributed by atoms with Gasteiger partial charge in [-0.1, -0.05) is 42.5 Å². The number of esters is 1. The lowest BCUT2D eigenvalue weighted by Gasteiger charge is -2.12. The quantitative estimate of drug-likeness (QED) is 0.619. The molecule has 0 radical (unpaired) electrons. The fraction of sp³-hybridized carbons (Fsp3) is 0.100. The van der Waals surface area contributed by atoms with Crippen LogP contribution in [0.2, 0.25) is 0 Å². The van der Waals surface area contributed by atoms with Gasteiger partial charge in [-0.25, -0.2) is 9.59 Å². The number of rotatable bonds is 3. The summed E-state index contributed by atoms with van der Waals surface area (Å²) >= 11 is 0. The summed E-state index contributed by atoms with van der Waals surface area (Å²) < 4.78 is 48.3. The maximum absolute atomic E-state index is 12.8. The first-order chi connectivity index (χ1) is 12.8. The molecule has 1 aromatic heterocycles. The molecule has 7 heteroatoms. The zero-order valence-corrected chi connectivity index (χ0v) is 14.0. The molecule has 0 saturated carbocycles. The molecule has 27 heavy (non-hydrogen) atoms. The minimum Gasteiger partial charge on any atom is -0.465 e. The van der Waals surface area contributed by atoms with Gasteiger partial charge in [0.1, 0.15) is 11.3 Å². The number of hydrogen-bond acceptors (Lipinski definition) is 4. The molecule has 0 saturated heterocycles. The van der Waals surface area contributed by atoms with Crippen molar-refractivity contribution in [1.82, 2.24) is 0 Å². The third-order valence-corrected chi connectivity index (χ3v) is 3.91. The summed E-state index contributed by atoms with van der Waals surface area (Å²) in [6.07, 6.45) is -4.47. The van der Waals surface area contributed by atoms with Gasteiger partial charge in [0, 0.05) is 11.1 Å². The van der Waals surface area contributed by atoms with Gasteiger partial charge in [-0.05, 0) is 23.8 Å². The van der Waals surface area contributed by atoms with Gasteiger partial charge in [-0.3, -0.25) is 0 Å². The fourth-order valence-electron chi connectivity index (χ4n) is 2.58. The summed E-state index contributed by atoms with van der Waals surface area (Å²) in [6, 6.07) is 14.2. The van der Waals surface area contributed by atoms with Crippen LogP contribution in [0.15, 0.2) is 69.9 Å². The third kappa shape index (κ3) is 3.76. The molecule has 2 aromatic carbocycles. The second kappa shape index (κ2) is 7.11. The van der Waals surface area contributed by atoms with Crippen molar-refractivity contribution in [3.63, 3.8) is 0 Å². The van der Waals surface area contributed by atoms with Crippen LogP contribution in [-0.2, 0) is 10.9 Å². The molecule has 0 amide bonds. The molecule has 0 unspecified atom stereocenters. The zero-order chi connectivity index (χ0) is 19.6. The average molecular weight is 374 g/mol. The van der Waals surface area contributed by atoms with E-state index in [4.69, 9.17) is 4.42 Å². The van der Waals surface area contributed by atoms with Gasteiger partial charge in [-0.15, -0.1) is 0 Å². The fourth-order valence-corrected chi connectivity index (χ4v) is 2.58. The van der Waals surface area contributed by atoms with Crippen LogP contribution in [0.5, 0.6) is 0 Å². The number of alkyl halides is 3. The van der Waals surface area contributed by atoms with Gasteiger partial charge in [0.25, 0.3) is 0 Å². The van der Waals surface area contributed by atoms with E-state index in [-0.39, 0.29) is 11.3 Å². The van der Waals surface area contributed by atoms with Gasteiger partial charge >= 0.3 is 17.8 Å². The van der Waals surface area contributed by atoms with Crippen molar-refractivity contribution in [2.24, 2.45) is 0 Å². The summed E-state index contributed by atoms with van der Waals surface area (Å²) in [4.78, 5) is 24.0. The number of methoxy groups -OCH3 is 1. The Morgan fingerprint density at radius 2 is 1.59 bits per heavy atom. The molecular formula is C20H13F3O4. The SMILES string of the molecule is COC(=O)c1cc(-c2ccc(C(F)(F)F)cc2)c(-c2ccccc2)oc1=O. The molecule has 4 nitrogen and oxygen atoms in total. The van der Waals surface area contributed by atoms with Crippen LogP contribution in [0.25, 0.3) is 22.5 Å². The molecule has 0 N–H and O–H groups in total. The first kappa shape index (κ1) is 18.4. The molecule has 0 fully saturated rings. The number of benzene rings is 2. The van der Waals surface area contributed by atoms with Gasteiger partial charge in [0.15, 0.2) is 0 Å². The van der Waals surface area contributed by atoms with Crippen LogP contribution in [0.4, 0.5) is 13.2 Å². The molecular weight excluding hydrogens is 361 g/mol. The Bertz CT molecular complexity index is 1020. The topological polar surface area (TPSA) is 56.5 Å². The average Bonchev–Trinajstić information content (AvgIpc) is 2.67. The van der Waals surface area contributed by atoms with Crippen LogP contribution < -0.4 is 5.63 Å². The first-order valence-corrected chi connectivity index (χ1v) is 7.81. The van der Waals surface area contributed by atoms with Crippen molar-refractivity contribution in [2.75, 3.05) is 7.11 Å². The maximum atomic E-state index is 12.8. The second-order valence-electron chi connectivity index (χ2n) is 5.62. The van der Waals surface area contributed by atoms with Gasteiger partial charge in [0.05, 0.1) is 12.7 Å². The van der Waals surface area contributed by atoms with E-state index in [2.05, 4.69) is 4.74 Å². The van der Waals surface area contributed by atoms with Crippen LogP contribution in [0.1, 0.15) is 15.9 Å². The smallest absolute Gasteiger partial charge is 0.416 e. The summed E-state index contributed by atoms with van der Waals surface area (Å²) in [5.41, 5.74) is -0.840. The minimum atomic E-state index is -4.47. The molecule has 1 heterocycles. The third-order valence-electron chi connectivity index (χ3n) is 3.91. The standard InChI is InChI=1S/C20H13F3O4/c1-26-18(24)16-11-15(12-7-9-14(10-8-12)20(21,22)23)17(27-19(16)25)13-5-3-2-4-6-13/h2-11H,1H3. The summed E-state index contributed by atoms with van der Waals surface area (Å²) in [7, 11) is 1.12. The number of carbonyl (C=O) groups is 1. The first-order valence-electron chi connectivity index (χ1n) is 7.81. The van der Waals surface area contributed by atoms with Crippen molar-refractivity contribution >= 4 is 5.97 Å². The second-order valence-corrected chi connectivity index (χ2v) is 5.62. The van der Waals surface area contributed by atoms with E-state index in [0.29, 0.717) is 16.7 Å². The molecule has 138 valence electrons. The van der Waals surface area contributed by atoms with E-state index in [1.54, 1.807) is 30.3 Å². The van der Waals surface area contributed by atoms with Gasteiger partial charge in [0.2, 0.25) is 0 Å². The zero-order valence-electron chi connectivity index (χ0n) is 14.0. The molecule has 0 atom stereocenters. The van der Waals surface area contributed by atoms with Crippen LogP contribution in [0.3, 0.4) is 0 Å². The Labute approximate surface area is 151 Å². The minimum absolute atomic E-state index is 0.146. The number of halogens is 3. The summed E-state index contributed by atoms with van der Waals surface area (Å²) in [6.45, 7) is 0. The largest absolute Gasteiger partial charge is 0.465 e. The molecule has 0 aliphatic carbocycles. The van der Waals surface area contributed by atoms with Crippen molar-refractivity contribution in [3.05, 3.63) is 82.2 Å². The highest BCUT2D eigenvalue weighted by atomic mass is 19.4. The van der Waals surface area contributed by atoms with E-state index in [9.17, 15) is 22.8 Å². The van der Waals surface area contributed by atoms with E-state index in [1.807, 2.05) is 0 Å². The number of carbonyl (C=O) groups excluding carboxylic acids is 1. The highest BCUT2D eigenvalue weighted by Gasteiger charge is 2.30. The van der Waals surface area contributed by atoms with Crippen LogP contribution >= 0.6 is 0 Å². The lowest BCUT2D eigenvalue weighted by molar-refractivity contribution is -0.137. The summed E-state index contributed by atoms with van der Waals surface area (Å²) in [5.74, 6) is -0.746. The Kier molecular flexibility index (Phi) is 4.85. The van der Waals surface area contributed by atoms with Crippen molar-refractivity contribution in [2.45, 2.75) is 6.18 Å². The molecule has 0 aliphatic rings. The molecule has 0 bridgehead atoms. The highest BCUT2D eigenvalue weighted by Crippen LogP contribution is 2.35. The van der Waals surface area contributed by atoms with E-state index >= 15 is 0 Å². The number of hydrogen-bond donors (Lipinski definition) is 0. The van der Waals surface area contributed by atoms with Crippen LogP contribution in [0, 0.1) is 0 Å².